The Balaban J connectivity index is 1.60. The molecule has 0 bridgehead atoms. The number of piperazine rings is 1. The van der Waals surface area contributed by atoms with Gasteiger partial charge in [-0.1, -0.05) is 35.0 Å². The quantitative estimate of drug-likeness (QED) is 0.527. The molecule has 1 saturated heterocycles. The first-order valence-corrected chi connectivity index (χ1v) is 12.7. The van der Waals surface area contributed by atoms with Gasteiger partial charge in [0.15, 0.2) is 6.61 Å². The highest BCUT2D eigenvalue weighted by molar-refractivity contribution is 9.10. The molecule has 1 atom stereocenters. The third-order valence-corrected chi connectivity index (χ3v) is 6.56. The summed E-state index contributed by atoms with van der Waals surface area (Å²) in [5.74, 6) is -0.808. The molecular formula is C22H26BrFN2O5S. The van der Waals surface area contributed by atoms with Gasteiger partial charge < -0.3 is 9.64 Å². The summed E-state index contributed by atoms with van der Waals surface area (Å²) in [5, 5.41) is 0. The Kier molecular flexibility index (Phi) is 8.26. The summed E-state index contributed by atoms with van der Waals surface area (Å²) < 4.78 is 51.2. The molecule has 2 aromatic carbocycles. The topological polar surface area (TPSA) is 87.2 Å². The van der Waals surface area contributed by atoms with Crippen molar-refractivity contribution in [1.29, 1.82) is 0 Å². The second-order valence-electron chi connectivity index (χ2n) is 7.78. The Morgan fingerprint density at radius 1 is 1.22 bits per heavy atom. The van der Waals surface area contributed by atoms with Gasteiger partial charge in [0.2, 0.25) is 0 Å². The number of hydrogen-bond donors (Lipinski definition) is 1. The van der Waals surface area contributed by atoms with E-state index in [4.69, 9.17) is 4.74 Å². The molecule has 1 unspecified atom stereocenters. The summed E-state index contributed by atoms with van der Waals surface area (Å²) in [6.45, 7) is 4.41. The molecule has 2 aromatic rings. The SMILES string of the molecule is CCC1CN(Cc2ccc(F)cc2)CCN1C(=O)COc1ccc(Br)cc1CS(=O)(=O)O. The number of carbonyl (C=O) groups is 1. The molecule has 0 radical (unpaired) electrons. The zero-order valence-electron chi connectivity index (χ0n) is 17.7. The van der Waals surface area contributed by atoms with Crippen LogP contribution in [0.4, 0.5) is 4.39 Å². The van der Waals surface area contributed by atoms with Crippen molar-refractivity contribution >= 4 is 32.0 Å². The number of halogens is 2. The molecule has 10 heteroatoms. The van der Waals surface area contributed by atoms with Crippen LogP contribution in [0.15, 0.2) is 46.9 Å². The molecule has 1 aliphatic heterocycles. The largest absolute Gasteiger partial charge is 0.483 e. The average Bonchev–Trinajstić information content (AvgIpc) is 2.73. The van der Waals surface area contributed by atoms with Crippen LogP contribution in [0.25, 0.3) is 0 Å². The zero-order chi connectivity index (χ0) is 23.3. The molecule has 1 heterocycles. The first kappa shape index (κ1) is 24.6. The second kappa shape index (κ2) is 10.7. The molecule has 0 aliphatic carbocycles. The first-order chi connectivity index (χ1) is 15.1. The van der Waals surface area contributed by atoms with E-state index in [9.17, 15) is 22.2 Å². The molecular weight excluding hydrogens is 503 g/mol. The van der Waals surface area contributed by atoms with E-state index in [0.29, 0.717) is 30.7 Å². The van der Waals surface area contributed by atoms with Gasteiger partial charge >= 0.3 is 0 Å². The third-order valence-electron chi connectivity index (χ3n) is 5.39. The summed E-state index contributed by atoms with van der Waals surface area (Å²) >= 11 is 3.27. The van der Waals surface area contributed by atoms with Crippen molar-refractivity contribution in [2.24, 2.45) is 0 Å². The van der Waals surface area contributed by atoms with Crippen LogP contribution in [0, 0.1) is 5.82 Å². The van der Waals surface area contributed by atoms with E-state index >= 15 is 0 Å². The van der Waals surface area contributed by atoms with Crippen molar-refractivity contribution in [3.05, 3.63) is 63.9 Å². The van der Waals surface area contributed by atoms with Crippen molar-refractivity contribution in [3.63, 3.8) is 0 Å². The lowest BCUT2D eigenvalue weighted by atomic mass is 10.1. The maximum absolute atomic E-state index is 13.1. The molecule has 0 spiro atoms. The zero-order valence-corrected chi connectivity index (χ0v) is 20.1. The van der Waals surface area contributed by atoms with Gasteiger partial charge in [-0.05, 0) is 42.3 Å². The predicted octanol–water partition coefficient (Wildman–Crippen LogP) is 3.48. The van der Waals surface area contributed by atoms with E-state index in [-0.39, 0.29) is 35.7 Å². The monoisotopic (exact) mass is 528 g/mol. The minimum Gasteiger partial charge on any atom is -0.483 e. The molecule has 32 heavy (non-hydrogen) atoms. The molecule has 174 valence electrons. The number of nitrogens with zero attached hydrogens (tertiary/aromatic N) is 2. The second-order valence-corrected chi connectivity index (χ2v) is 10.1. The van der Waals surface area contributed by atoms with E-state index < -0.39 is 15.9 Å². The van der Waals surface area contributed by atoms with E-state index in [1.807, 2.05) is 6.92 Å². The lowest BCUT2D eigenvalue weighted by Gasteiger charge is -2.41. The maximum Gasteiger partial charge on any atom is 0.269 e. The van der Waals surface area contributed by atoms with E-state index in [1.54, 1.807) is 29.2 Å². The lowest BCUT2D eigenvalue weighted by molar-refractivity contribution is -0.138. The Morgan fingerprint density at radius 3 is 2.59 bits per heavy atom. The summed E-state index contributed by atoms with van der Waals surface area (Å²) in [6, 6.07) is 11.2. The van der Waals surface area contributed by atoms with Crippen LogP contribution in [-0.2, 0) is 27.2 Å². The minimum absolute atomic E-state index is 0.0162. The van der Waals surface area contributed by atoms with E-state index in [2.05, 4.69) is 20.8 Å². The van der Waals surface area contributed by atoms with Gasteiger partial charge in [0.25, 0.3) is 16.0 Å². The number of carbonyl (C=O) groups excluding carboxylic acids is 1. The van der Waals surface area contributed by atoms with Crippen LogP contribution < -0.4 is 4.74 Å². The highest BCUT2D eigenvalue weighted by Gasteiger charge is 2.29. The van der Waals surface area contributed by atoms with Crippen molar-refractivity contribution in [2.45, 2.75) is 31.7 Å². The molecule has 1 amide bonds. The van der Waals surface area contributed by atoms with Crippen LogP contribution in [0.1, 0.15) is 24.5 Å². The highest BCUT2D eigenvalue weighted by atomic mass is 79.9. The van der Waals surface area contributed by atoms with Gasteiger partial charge in [-0.15, -0.1) is 0 Å². The van der Waals surface area contributed by atoms with Gasteiger partial charge in [-0.25, -0.2) is 4.39 Å². The van der Waals surface area contributed by atoms with Crippen LogP contribution in [0.3, 0.4) is 0 Å². The molecule has 3 rings (SSSR count). The van der Waals surface area contributed by atoms with Gasteiger partial charge in [0.05, 0.1) is 0 Å². The lowest BCUT2D eigenvalue weighted by Crippen LogP contribution is -2.55. The van der Waals surface area contributed by atoms with Crippen LogP contribution in [0.5, 0.6) is 5.75 Å². The fourth-order valence-electron chi connectivity index (χ4n) is 3.81. The van der Waals surface area contributed by atoms with Crippen molar-refractivity contribution in [1.82, 2.24) is 9.80 Å². The van der Waals surface area contributed by atoms with Gasteiger partial charge in [-0.3, -0.25) is 14.2 Å². The van der Waals surface area contributed by atoms with Crippen molar-refractivity contribution < 1.29 is 26.9 Å². The highest BCUT2D eigenvalue weighted by Crippen LogP contribution is 2.25. The Labute approximate surface area is 196 Å². The summed E-state index contributed by atoms with van der Waals surface area (Å²) in [7, 11) is -4.25. The number of benzene rings is 2. The first-order valence-electron chi connectivity index (χ1n) is 10.3. The summed E-state index contributed by atoms with van der Waals surface area (Å²) in [5.41, 5.74) is 1.29. The molecule has 0 saturated carbocycles. The molecule has 0 aromatic heterocycles. The average molecular weight is 529 g/mol. The Bertz CT molecular complexity index is 1050. The smallest absolute Gasteiger partial charge is 0.269 e. The van der Waals surface area contributed by atoms with E-state index in [1.165, 1.54) is 18.2 Å². The fourth-order valence-corrected chi connectivity index (χ4v) is 4.84. The molecule has 7 nitrogen and oxygen atoms in total. The Morgan fingerprint density at radius 2 is 1.94 bits per heavy atom. The van der Waals surface area contributed by atoms with Crippen LogP contribution >= 0.6 is 15.9 Å². The van der Waals surface area contributed by atoms with Gasteiger partial charge in [0, 0.05) is 42.3 Å². The number of hydrogen-bond acceptors (Lipinski definition) is 5. The number of rotatable bonds is 8. The van der Waals surface area contributed by atoms with Gasteiger partial charge in [0.1, 0.15) is 17.3 Å². The molecule has 1 aliphatic rings. The number of amides is 1. The van der Waals surface area contributed by atoms with Crippen LogP contribution in [0.2, 0.25) is 0 Å². The summed E-state index contributed by atoms with van der Waals surface area (Å²) in [4.78, 5) is 16.9. The summed E-state index contributed by atoms with van der Waals surface area (Å²) in [6.07, 6.45) is 0.776. The molecule has 1 N–H and O–H groups in total. The van der Waals surface area contributed by atoms with Crippen molar-refractivity contribution in [2.75, 3.05) is 26.2 Å². The predicted molar refractivity (Wildman–Crippen MR) is 122 cm³/mol. The minimum atomic E-state index is -4.25. The van der Waals surface area contributed by atoms with Crippen molar-refractivity contribution in [3.8, 4) is 5.75 Å². The van der Waals surface area contributed by atoms with Gasteiger partial charge in [-0.2, -0.15) is 8.42 Å². The van der Waals surface area contributed by atoms with Crippen LogP contribution in [-0.4, -0.2) is 61.0 Å². The molecule has 1 fully saturated rings. The fraction of sp³-hybridized carbons (Fsp3) is 0.409. The third kappa shape index (κ3) is 6.99. The standard InChI is InChI=1S/C22H26BrFN2O5S/c1-2-20-13-25(12-16-3-6-19(24)7-4-16)9-10-26(20)22(27)14-31-21-8-5-18(23)11-17(21)15-32(28,29)30/h3-8,11,20H,2,9-10,12-15H2,1H3,(H,28,29,30). The maximum atomic E-state index is 13.1. The normalized spacial score (nSPS) is 17.4. The van der Waals surface area contributed by atoms with E-state index in [0.717, 1.165) is 12.0 Å². The Hall–Kier alpha value is -2.01. The number of ether oxygens (including phenoxy) is 1.